The van der Waals surface area contributed by atoms with E-state index in [2.05, 4.69) is 5.32 Å². The monoisotopic (exact) mass is 318 g/mol. The number of halogens is 2. The van der Waals surface area contributed by atoms with Gasteiger partial charge in [0.25, 0.3) is 0 Å². The highest BCUT2D eigenvalue weighted by Crippen LogP contribution is 2.25. The number of nitrogens with one attached hydrogen (secondary N) is 1. The summed E-state index contributed by atoms with van der Waals surface area (Å²) >= 11 is 11.6. The summed E-state index contributed by atoms with van der Waals surface area (Å²) in [6, 6.07) is 3.98. The summed E-state index contributed by atoms with van der Waals surface area (Å²) in [7, 11) is 0. The van der Waals surface area contributed by atoms with E-state index in [1.807, 2.05) is 0 Å². The topological polar surface area (TPSA) is 67.9 Å². The molecule has 0 aliphatic carbocycles. The van der Waals surface area contributed by atoms with E-state index in [1.165, 1.54) is 6.07 Å². The molecule has 1 fully saturated rings. The Bertz CT molecular complexity index is 506. The summed E-state index contributed by atoms with van der Waals surface area (Å²) in [5.41, 5.74) is 0.424. The number of rotatable bonds is 3. The molecule has 3 amide bonds. The number of ether oxygens (including phenoxy) is 2. The predicted molar refractivity (Wildman–Crippen MR) is 73.9 cm³/mol. The van der Waals surface area contributed by atoms with Crippen molar-refractivity contribution in [2.24, 2.45) is 0 Å². The lowest BCUT2D eigenvalue weighted by Crippen LogP contribution is -2.48. The van der Waals surface area contributed by atoms with Crippen molar-refractivity contribution in [1.29, 1.82) is 0 Å². The minimum absolute atomic E-state index is 0.146. The number of imide groups is 1. The molecule has 2 rings (SSSR count). The van der Waals surface area contributed by atoms with E-state index >= 15 is 0 Å². The van der Waals surface area contributed by atoms with Crippen LogP contribution in [-0.2, 0) is 14.3 Å². The van der Waals surface area contributed by atoms with Gasteiger partial charge in [0.2, 0.25) is 6.41 Å². The van der Waals surface area contributed by atoms with Crippen LogP contribution in [0.1, 0.15) is 0 Å². The van der Waals surface area contributed by atoms with Gasteiger partial charge in [0.15, 0.2) is 6.23 Å². The second kappa shape index (κ2) is 6.90. The Labute approximate surface area is 125 Å². The first-order valence-corrected chi connectivity index (χ1v) is 6.56. The molecule has 8 heteroatoms. The normalized spacial score (nSPS) is 18.4. The molecule has 1 N–H and O–H groups in total. The number of nitrogens with zero attached hydrogens (tertiary/aromatic N) is 1. The highest BCUT2D eigenvalue weighted by molar-refractivity contribution is 6.42. The van der Waals surface area contributed by atoms with E-state index in [-0.39, 0.29) is 6.61 Å². The molecular weight excluding hydrogens is 307 g/mol. The first-order valence-electron chi connectivity index (χ1n) is 5.81. The Morgan fingerprint density at radius 2 is 2.15 bits per heavy atom. The summed E-state index contributed by atoms with van der Waals surface area (Å²) < 4.78 is 10.5. The number of hydrogen-bond donors (Lipinski definition) is 1. The average molecular weight is 319 g/mol. The van der Waals surface area contributed by atoms with E-state index in [0.29, 0.717) is 35.4 Å². The van der Waals surface area contributed by atoms with Crippen LogP contribution >= 0.6 is 23.2 Å². The fourth-order valence-corrected chi connectivity index (χ4v) is 1.94. The van der Waals surface area contributed by atoms with Crippen molar-refractivity contribution < 1.29 is 19.1 Å². The zero-order chi connectivity index (χ0) is 14.5. The first kappa shape index (κ1) is 15.1. The van der Waals surface area contributed by atoms with Crippen LogP contribution in [0.25, 0.3) is 0 Å². The van der Waals surface area contributed by atoms with Gasteiger partial charge in [-0.05, 0) is 18.2 Å². The third-order valence-corrected chi connectivity index (χ3v) is 3.37. The molecule has 0 spiro atoms. The van der Waals surface area contributed by atoms with Crippen LogP contribution < -0.4 is 5.32 Å². The largest absolute Gasteiger partial charge is 0.374 e. The molecule has 6 nitrogen and oxygen atoms in total. The van der Waals surface area contributed by atoms with Crippen LogP contribution in [0.5, 0.6) is 0 Å². The highest BCUT2D eigenvalue weighted by atomic mass is 35.5. The minimum Gasteiger partial charge on any atom is -0.374 e. The molecule has 1 aliphatic heterocycles. The van der Waals surface area contributed by atoms with E-state index in [9.17, 15) is 9.59 Å². The Morgan fingerprint density at radius 3 is 2.75 bits per heavy atom. The quantitative estimate of drug-likeness (QED) is 0.869. The molecule has 1 aromatic carbocycles. The smallest absolute Gasteiger partial charge is 0.330 e. The van der Waals surface area contributed by atoms with Gasteiger partial charge in [-0.1, -0.05) is 23.2 Å². The lowest BCUT2D eigenvalue weighted by molar-refractivity contribution is -0.151. The maximum atomic E-state index is 12.0. The van der Waals surface area contributed by atoms with Gasteiger partial charge in [0.05, 0.1) is 29.9 Å². The molecule has 1 unspecified atom stereocenters. The highest BCUT2D eigenvalue weighted by Gasteiger charge is 2.26. The SMILES string of the molecule is O=CN(C(=O)Nc1ccc(Cl)c(Cl)c1)C1COCCO1. The predicted octanol–water partition coefficient (Wildman–Crippen LogP) is 2.36. The molecule has 1 aromatic rings. The van der Waals surface area contributed by atoms with Gasteiger partial charge in [0, 0.05) is 5.69 Å². The van der Waals surface area contributed by atoms with Gasteiger partial charge >= 0.3 is 6.03 Å². The molecule has 1 aliphatic rings. The molecule has 1 saturated heterocycles. The summed E-state index contributed by atoms with van der Waals surface area (Å²) in [4.78, 5) is 23.9. The second-order valence-electron chi connectivity index (χ2n) is 3.97. The summed E-state index contributed by atoms with van der Waals surface area (Å²) in [5.74, 6) is 0. The van der Waals surface area contributed by atoms with Gasteiger partial charge in [-0.3, -0.25) is 4.79 Å². The Balaban J connectivity index is 2.04. The number of benzene rings is 1. The van der Waals surface area contributed by atoms with Crippen molar-refractivity contribution in [3.63, 3.8) is 0 Å². The number of carbonyl (C=O) groups excluding carboxylic acids is 2. The van der Waals surface area contributed by atoms with Crippen molar-refractivity contribution in [1.82, 2.24) is 4.90 Å². The van der Waals surface area contributed by atoms with Crippen LogP contribution in [0, 0.1) is 0 Å². The number of hydrogen-bond acceptors (Lipinski definition) is 4. The van der Waals surface area contributed by atoms with E-state index < -0.39 is 12.3 Å². The molecule has 0 aromatic heterocycles. The van der Waals surface area contributed by atoms with Crippen LogP contribution in [0.15, 0.2) is 18.2 Å². The van der Waals surface area contributed by atoms with E-state index in [1.54, 1.807) is 12.1 Å². The number of amides is 3. The van der Waals surface area contributed by atoms with Gasteiger partial charge in [-0.2, -0.15) is 0 Å². The molecule has 1 heterocycles. The van der Waals surface area contributed by atoms with E-state index in [0.717, 1.165) is 4.90 Å². The second-order valence-corrected chi connectivity index (χ2v) is 4.79. The Hall–Kier alpha value is -1.34. The number of anilines is 1. The van der Waals surface area contributed by atoms with E-state index in [4.69, 9.17) is 32.7 Å². The third-order valence-electron chi connectivity index (χ3n) is 2.63. The van der Waals surface area contributed by atoms with Gasteiger partial charge in [-0.15, -0.1) is 0 Å². The maximum Gasteiger partial charge on any atom is 0.330 e. The van der Waals surface area contributed by atoms with Crippen LogP contribution in [0.4, 0.5) is 10.5 Å². The zero-order valence-electron chi connectivity index (χ0n) is 10.3. The lowest BCUT2D eigenvalue weighted by atomic mass is 10.3. The minimum atomic E-state index is -0.732. The molecule has 1 atom stereocenters. The Kier molecular flexibility index (Phi) is 5.19. The number of carbonyl (C=O) groups is 2. The zero-order valence-corrected chi connectivity index (χ0v) is 11.9. The molecule has 0 radical (unpaired) electrons. The van der Waals surface area contributed by atoms with Gasteiger partial charge in [-0.25, -0.2) is 9.69 Å². The Morgan fingerprint density at radius 1 is 1.35 bits per heavy atom. The molecule has 108 valence electrons. The average Bonchev–Trinajstić information content (AvgIpc) is 2.45. The summed E-state index contributed by atoms with van der Waals surface area (Å²) in [6.07, 6.45) is -0.337. The molecule has 0 bridgehead atoms. The van der Waals surface area contributed by atoms with Crippen molar-refractivity contribution in [3.05, 3.63) is 28.2 Å². The van der Waals surface area contributed by atoms with Crippen LogP contribution in [0.3, 0.4) is 0 Å². The third kappa shape index (κ3) is 3.61. The van der Waals surface area contributed by atoms with Gasteiger partial charge < -0.3 is 14.8 Å². The van der Waals surface area contributed by atoms with Crippen molar-refractivity contribution >= 4 is 41.3 Å². The fourth-order valence-electron chi connectivity index (χ4n) is 1.64. The molecule has 0 saturated carbocycles. The van der Waals surface area contributed by atoms with Crippen molar-refractivity contribution in [2.75, 3.05) is 25.1 Å². The molecule has 20 heavy (non-hydrogen) atoms. The van der Waals surface area contributed by atoms with Crippen molar-refractivity contribution in [3.8, 4) is 0 Å². The first-order chi connectivity index (χ1) is 9.61. The lowest BCUT2D eigenvalue weighted by Gasteiger charge is -2.29. The standard InChI is InChI=1S/C12H12Cl2N2O4/c13-9-2-1-8(5-10(9)14)15-12(18)16(7-17)11-6-19-3-4-20-11/h1-2,5,7,11H,3-4,6H2,(H,15,18). The molecular formula is C12H12Cl2N2O4. The summed E-state index contributed by atoms with van der Waals surface area (Å²) in [6.45, 7) is 0.917. The maximum absolute atomic E-state index is 12.0. The van der Waals surface area contributed by atoms with Crippen LogP contribution in [-0.4, -0.2) is 43.4 Å². The van der Waals surface area contributed by atoms with Crippen molar-refractivity contribution in [2.45, 2.75) is 6.23 Å². The number of urea groups is 1. The van der Waals surface area contributed by atoms with Crippen LogP contribution in [0.2, 0.25) is 10.0 Å². The van der Waals surface area contributed by atoms with Gasteiger partial charge in [0.1, 0.15) is 0 Å². The summed E-state index contributed by atoms with van der Waals surface area (Å²) in [5, 5.41) is 3.22. The fraction of sp³-hybridized carbons (Fsp3) is 0.333.